The minimum absolute atomic E-state index is 0.184. The summed E-state index contributed by atoms with van der Waals surface area (Å²) in [5.74, 6) is -0.297. The number of benzene rings is 2. The third-order valence-corrected chi connectivity index (χ3v) is 7.64. The molecule has 1 amide bonds. The molecule has 1 heterocycles. The van der Waals surface area contributed by atoms with E-state index in [9.17, 15) is 13.2 Å². The number of hydrogen-bond acceptors (Lipinski definition) is 5. The lowest BCUT2D eigenvalue weighted by atomic mass is 10.2. The Labute approximate surface area is 173 Å². The number of thioether (sulfide) groups is 1. The van der Waals surface area contributed by atoms with Gasteiger partial charge in [0.25, 0.3) is 15.9 Å². The van der Waals surface area contributed by atoms with Crippen LogP contribution in [0.2, 0.25) is 0 Å². The van der Waals surface area contributed by atoms with Crippen LogP contribution in [0.5, 0.6) is 0 Å². The first-order valence-corrected chi connectivity index (χ1v) is 12.0. The normalized spacial score (nSPS) is 11.2. The average molecular weight is 433 g/mol. The van der Waals surface area contributed by atoms with E-state index in [2.05, 4.69) is 5.32 Å². The summed E-state index contributed by atoms with van der Waals surface area (Å²) in [6.07, 6.45) is 2.01. The highest BCUT2D eigenvalue weighted by molar-refractivity contribution is 7.98. The van der Waals surface area contributed by atoms with Crippen LogP contribution >= 0.6 is 23.1 Å². The maximum Gasteiger partial charge on any atom is 0.264 e. The van der Waals surface area contributed by atoms with Gasteiger partial charge >= 0.3 is 0 Å². The van der Waals surface area contributed by atoms with Gasteiger partial charge in [0.05, 0.1) is 10.6 Å². The largest absolute Gasteiger partial charge is 0.347 e. The fourth-order valence-electron chi connectivity index (χ4n) is 2.61. The van der Waals surface area contributed by atoms with E-state index in [1.807, 2.05) is 30.5 Å². The number of hydrogen-bond donors (Lipinski definition) is 1. The van der Waals surface area contributed by atoms with Crippen molar-refractivity contribution in [3.05, 3.63) is 76.5 Å². The Morgan fingerprint density at radius 2 is 1.75 bits per heavy atom. The van der Waals surface area contributed by atoms with Crippen LogP contribution in [0.4, 0.5) is 5.69 Å². The van der Waals surface area contributed by atoms with E-state index in [1.165, 1.54) is 30.5 Å². The highest BCUT2D eigenvalue weighted by atomic mass is 32.2. The lowest BCUT2D eigenvalue weighted by Gasteiger charge is -2.19. The van der Waals surface area contributed by atoms with Crippen LogP contribution in [-0.2, 0) is 16.6 Å². The minimum atomic E-state index is -3.74. The molecule has 0 spiro atoms. The standard InChI is InChI=1S/C20H20N2O3S3/c1-22(28(24,25)17-6-4-3-5-7-17)18-12-13-27-19(18)20(23)21-14-15-8-10-16(26-2)11-9-15/h3-13H,14H2,1-2H3,(H,21,23). The SMILES string of the molecule is CSc1ccc(CNC(=O)c2sccc2N(C)S(=O)(=O)c2ccccc2)cc1. The number of carbonyl (C=O) groups excluding carboxylic acids is 1. The maximum absolute atomic E-state index is 12.8. The summed E-state index contributed by atoms with van der Waals surface area (Å²) in [5, 5.41) is 4.59. The van der Waals surface area contributed by atoms with Gasteiger partial charge in [-0.1, -0.05) is 30.3 Å². The molecule has 146 valence electrons. The number of rotatable bonds is 7. The van der Waals surface area contributed by atoms with Crippen LogP contribution in [0.15, 0.2) is 75.8 Å². The van der Waals surface area contributed by atoms with E-state index >= 15 is 0 Å². The van der Waals surface area contributed by atoms with Crippen molar-refractivity contribution < 1.29 is 13.2 Å². The lowest BCUT2D eigenvalue weighted by Crippen LogP contribution is -2.29. The van der Waals surface area contributed by atoms with E-state index in [4.69, 9.17) is 0 Å². The molecule has 0 fully saturated rings. The summed E-state index contributed by atoms with van der Waals surface area (Å²) in [6, 6.07) is 17.8. The third-order valence-electron chi connectivity index (χ3n) is 4.20. The monoisotopic (exact) mass is 432 g/mol. The second kappa shape index (κ2) is 8.81. The fourth-order valence-corrected chi connectivity index (χ4v) is 5.14. The van der Waals surface area contributed by atoms with Gasteiger partial charge in [-0.25, -0.2) is 8.42 Å². The number of anilines is 1. The van der Waals surface area contributed by atoms with Gasteiger partial charge in [0.1, 0.15) is 4.88 Å². The van der Waals surface area contributed by atoms with Crippen molar-refractivity contribution in [1.82, 2.24) is 5.32 Å². The van der Waals surface area contributed by atoms with Crippen LogP contribution in [-0.4, -0.2) is 27.6 Å². The molecule has 0 radical (unpaired) electrons. The van der Waals surface area contributed by atoms with E-state index in [1.54, 1.807) is 41.4 Å². The Morgan fingerprint density at radius 1 is 1.07 bits per heavy atom. The molecule has 0 atom stereocenters. The average Bonchev–Trinajstić information content (AvgIpc) is 3.22. The van der Waals surface area contributed by atoms with Crippen LogP contribution in [0, 0.1) is 0 Å². The first-order valence-electron chi connectivity index (χ1n) is 8.46. The molecule has 3 aromatic rings. The molecule has 28 heavy (non-hydrogen) atoms. The van der Waals surface area contributed by atoms with Gasteiger partial charge in [-0.15, -0.1) is 23.1 Å². The molecule has 0 aliphatic heterocycles. The Morgan fingerprint density at radius 3 is 2.39 bits per heavy atom. The molecule has 0 bridgehead atoms. The Balaban J connectivity index is 1.76. The van der Waals surface area contributed by atoms with Crippen LogP contribution in [0.1, 0.15) is 15.2 Å². The summed E-state index contributed by atoms with van der Waals surface area (Å²) >= 11 is 2.87. The number of thiophene rings is 1. The zero-order valence-corrected chi connectivity index (χ0v) is 17.9. The molecule has 1 aromatic heterocycles. The van der Waals surface area contributed by atoms with E-state index in [-0.39, 0.29) is 10.8 Å². The predicted octanol–water partition coefficient (Wildman–Crippen LogP) is 4.23. The highest BCUT2D eigenvalue weighted by Gasteiger charge is 2.25. The molecular formula is C20H20N2O3S3. The summed E-state index contributed by atoms with van der Waals surface area (Å²) in [5.41, 5.74) is 1.35. The van der Waals surface area contributed by atoms with Gasteiger partial charge in [0.2, 0.25) is 0 Å². The summed E-state index contributed by atoms with van der Waals surface area (Å²) in [4.78, 5) is 14.4. The van der Waals surface area contributed by atoms with Gasteiger partial charge in [-0.05, 0) is 47.5 Å². The summed E-state index contributed by atoms with van der Waals surface area (Å²) in [6.45, 7) is 0.375. The first-order chi connectivity index (χ1) is 13.4. The molecule has 3 rings (SSSR count). The highest BCUT2D eigenvalue weighted by Crippen LogP contribution is 2.29. The summed E-state index contributed by atoms with van der Waals surface area (Å²) in [7, 11) is -2.27. The zero-order valence-electron chi connectivity index (χ0n) is 15.5. The van der Waals surface area contributed by atoms with Crippen molar-refractivity contribution in [2.75, 3.05) is 17.6 Å². The van der Waals surface area contributed by atoms with Gasteiger partial charge in [0.15, 0.2) is 0 Å². The molecule has 1 N–H and O–H groups in total. The number of nitrogens with zero attached hydrogens (tertiary/aromatic N) is 1. The fraction of sp³-hybridized carbons (Fsp3) is 0.150. The van der Waals surface area contributed by atoms with Crippen LogP contribution in [0.25, 0.3) is 0 Å². The van der Waals surface area contributed by atoms with Crippen LogP contribution < -0.4 is 9.62 Å². The Bertz CT molecular complexity index is 1050. The smallest absolute Gasteiger partial charge is 0.264 e. The van der Waals surface area contributed by atoms with Gasteiger partial charge in [-0.3, -0.25) is 9.10 Å². The molecular weight excluding hydrogens is 412 g/mol. The first kappa shape index (κ1) is 20.4. The predicted molar refractivity (Wildman–Crippen MR) is 116 cm³/mol. The van der Waals surface area contributed by atoms with Crippen molar-refractivity contribution >= 4 is 44.7 Å². The number of amides is 1. The molecule has 5 nitrogen and oxygen atoms in total. The molecule has 2 aromatic carbocycles. The van der Waals surface area contributed by atoms with Gasteiger partial charge < -0.3 is 5.32 Å². The lowest BCUT2D eigenvalue weighted by molar-refractivity contribution is 0.0955. The number of nitrogens with one attached hydrogen (secondary N) is 1. The topological polar surface area (TPSA) is 66.5 Å². The number of sulfonamides is 1. The van der Waals surface area contributed by atoms with E-state index in [0.717, 1.165) is 14.8 Å². The maximum atomic E-state index is 12.8. The Kier molecular flexibility index (Phi) is 6.43. The summed E-state index contributed by atoms with van der Waals surface area (Å²) < 4.78 is 26.8. The minimum Gasteiger partial charge on any atom is -0.347 e. The van der Waals surface area contributed by atoms with Crippen molar-refractivity contribution in [3.8, 4) is 0 Å². The zero-order chi connectivity index (χ0) is 20.1. The van der Waals surface area contributed by atoms with Crippen LogP contribution in [0.3, 0.4) is 0 Å². The molecule has 0 aliphatic carbocycles. The van der Waals surface area contributed by atoms with Gasteiger partial charge in [0, 0.05) is 18.5 Å². The molecule has 0 saturated heterocycles. The van der Waals surface area contributed by atoms with E-state index in [0.29, 0.717) is 17.1 Å². The van der Waals surface area contributed by atoms with Crippen molar-refractivity contribution in [2.45, 2.75) is 16.3 Å². The molecule has 0 unspecified atom stereocenters. The van der Waals surface area contributed by atoms with Crippen molar-refractivity contribution in [3.63, 3.8) is 0 Å². The molecule has 0 aliphatic rings. The quantitative estimate of drug-likeness (QED) is 0.568. The van der Waals surface area contributed by atoms with Crippen molar-refractivity contribution in [1.29, 1.82) is 0 Å². The third kappa shape index (κ3) is 4.40. The second-order valence-corrected chi connectivity index (χ2v) is 9.72. The second-order valence-electron chi connectivity index (χ2n) is 5.95. The molecule has 0 saturated carbocycles. The van der Waals surface area contributed by atoms with Crippen molar-refractivity contribution in [2.24, 2.45) is 0 Å². The molecule has 8 heteroatoms. The van der Waals surface area contributed by atoms with E-state index < -0.39 is 10.0 Å². The number of carbonyl (C=O) groups is 1. The van der Waals surface area contributed by atoms with Gasteiger partial charge in [-0.2, -0.15) is 0 Å². The Hall–Kier alpha value is -2.29.